The number of para-hydroxylation sites is 1. The fourth-order valence-corrected chi connectivity index (χ4v) is 3.62. The fraction of sp³-hybridized carbons (Fsp3) is 0.588. The zero-order valence-electron chi connectivity index (χ0n) is 12.6. The molecule has 3 rings (SSSR count). The molecule has 1 amide bonds. The van der Waals surface area contributed by atoms with Crippen LogP contribution in [0.15, 0.2) is 24.3 Å². The number of fused-ring (bicyclic) bond motifs is 1. The molecular weight excluding hydrogens is 264 g/mol. The molecule has 1 aromatic rings. The average molecular weight is 288 g/mol. The number of carbonyl (C=O) groups excluding carboxylic acids is 1. The molecule has 0 spiro atoms. The number of nitrogens with zero attached hydrogens (tertiary/aromatic N) is 1. The first kappa shape index (κ1) is 14.4. The Hall–Kier alpha value is -1.55. The second kappa shape index (κ2) is 6.06. The Morgan fingerprint density at radius 2 is 2.10 bits per heavy atom. The number of rotatable bonds is 3. The quantitative estimate of drug-likeness (QED) is 0.897. The van der Waals surface area contributed by atoms with Crippen molar-refractivity contribution in [2.45, 2.75) is 50.2 Å². The van der Waals surface area contributed by atoms with Crippen molar-refractivity contribution in [3.63, 3.8) is 0 Å². The molecule has 1 aliphatic heterocycles. The third kappa shape index (κ3) is 2.91. The molecule has 2 aliphatic rings. The SMILES string of the molecule is CN(C(=O)CC1CNc2ccccc21)C1CCCCC1O. The van der Waals surface area contributed by atoms with Gasteiger partial charge in [0, 0.05) is 31.6 Å². The highest BCUT2D eigenvalue weighted by molar-refractivity contribution is 5.78. The summed E-state index contributed by atoms with van der Waals surface area (Å²) in [4.78, 5) is 14.3. The first-order valence-electron chi connectivity index (χ1n) is 7.93. The first-order chi connectivity index (χ1) is 10.2. The molecule has 4 nitrogen and oxygen atoms in total. The lowest BCUT2D eigenvalue weighted by molar-refractivity contribution is -0.135. The first-order valence-corrected chi connectivity index (χ1v) is 7.93. The average Bonchev–Trinajstić information content (AvgIpc) is 2.90. The summed E-state index contributed by atoms with van der Waals surface area (Å²) in [7, 11) is 1.84. The Labute approximate surface area is 126 Å². The molecule has 0 saturated heterocycles. The monoisotopic (exact) mass is 288 g/mol. The number of hydrogen-bond donors (Lipinski definition) is 2. The summed E-state index contributed by atoms with van der Waals surface area (Å²) < 4.78 is 0. The van der Waals surface area contributed by atoms with Crippen molar-refractivity contribution in [3.8, 4) is 0 Å². The largest absolute Gasteiger partial charge is 0.391 e. The van der Waals surface area contributed by atoms with Crippen LogP contribution in [0, 0.1) is 0 Å². The van der Waals surface area contributed by atoms with Gasteiger partial charge in [-0.25, -0.2) is 0 Å². The number of amides is 1. The van der Waals surface area contributed by atoms with Gasteiger partial charge in [-0.1, -0.05) is 31.0 Å². The molecule has 1 heterocycles. The highest BCUT2D eigenvalue weighted by atomic mass is 16.3. The van der Waals surface area contributed by atoms with E-state index in [1.807, 2.05) is 19.2 Å². The van der Waals surface area contributed by atoms with Gasteiger partial charge >= 0.3 is 0 Å². The molecule has 3 atom stereocenters. The number of benzene rings is 1. The topological polar surface area (TPSA) is 52.6 Å². The smallest absolute Gasteiger partial charge is 0.223 e. The predicted octanol–water partition coefficient (Wildman–Crippen LogP) is 2.35. The summed E-state index contributed by atoms with van der Waals surface area (Å²) in [5, 5.41) is 13.5. The van der Waals surface area contributed by atoms with Gasteiger partial charge in [-0.2, -0.15) is 0 Å². The van der Waals surface area contributed by atoms with Gasteiger partial charge in [0.15, 0.2) is 0 Å². The number of nitrogens with one attached hydrogen (secondary N) is 1. The van der Waals surface area contributed by atoms with E-state index >= 15 is 0 Å². The Balaban J connectivity index is 1.64. The van der Waals surface area contributed by atoms with Crippen LogP contribution in [0.3, 0.4) is 0 Å². The van der Waals surface area contributed by atoms with Crippen LogP contribution in [0.4, 0.5) is 5.69 Å². The van der Waals surface area contributed by atoms with Gasteiger partial charge in [-0.15, -0.1) is 0 Å². The van der Waals surface area contributed by atoms with Crippen LogP contribution in [0.1, 0.15) is 43.6 Å². The summed E-state index contributed by atoms with van der Waals surface area (Å²) in [5.41, 5.74) is 2.39. The van der Waals surface area contributed by atoms with Crippen LogP contribution in [0.2, 0.25) is 0 Å². The van der Waals surface area contributed by atoms with Crippen LogP contribution in [-0.4, -0.2) is 41.7 Å². The third-order valence-electron chi connectivity index (χ3n) is 4.95. The number of likely N-dealkylation sites (N-methyl/N-ethyl adjacent to an activating group) is 1. The Kier molecular flexibility index (Phi) is 4.15. The second-order valence-corrected chi connectivity index (χ2v) is 6.29. The van der Waals surface area contributed by atoms with Crippen LogP contribution in [0.25, 0.3) is 0 Å². The maximum absolute atomic E-state index is 12.5. The fourth-order valence-electron chi connectivity index (χ4n) is 3.62. The van der Waals surface area contributed by atoms with Crippen molar-refractivity contribution in [2.75, 3.05) is 18.9 Å². The summed E-state index contributed by atoms with van der Waals surface area (Å²) in [6, 6.07) is 8.20. The van der Waals surface area contributed by atoms with Crippen LogP contribution in [0.5, 0.6) is 0 Å². The molecule has 2 N–H and O–H groups in total. The predicted molar refractivity (Wildman–Crippen MR) is 83.3 cm³/mol. The minimum atomic E-state index is -0.360. The standard InChI is InChI=1S/C17H24N2O2/c1-19(15-8-4-5-9-16(15)20)17(21)10-12-11-18-14-7-3-2-6-13(12)14/h2-3,6-7,12,15-16,18,20H,4-5,8-11H2,1H3. The van der Waals surface area contributed by atoms with E-state index in [1.54, 1.807) is 4.90 Å². The molecule has 0 radical (unpaired) electrons. The Morgan fingerprint density at radius 3 is 2.90 bits per heavy atom. The molecule has 1 aliphatic carbocycles. The normalized spacial score (nSPS) is 27.8. The molecule has 1 fully saturated rings. The van der Waals surface area contributed by atoms with Crippen molar-refractivity contribution >= 4 is 11.6 Å². The number of carbonyl (C=O) groups is 1. The van der Waals surface area contributed by atoms with Crippen LogP contribution < -0.4 is 5.32 Å². The van der Waals surface area contributed by atoms with E-state index in [9.17, 15) is 9.90 Å². The molecule has 4 heteroatoms. The van der Waals surface area contributed by atoms with Gasteiger partial charge in [-0.05, 0) is 24.5 Å². The van der Waals surface area contributed by atoms with Gasteiger partial charge < -0.3 is 15.3 Å². The van der Waals surface area contributed by atoms with Crippen LogP contribution >= 0.6 is 0 Å². The van der Waals surface area contributed by atoms with E-state index in [4.69, 9.17) is 0 Å². The zero-order chi connectivity index (χ0) is 14.8. The lowest BCUT2D eigenvalue weighted by Crippen LogP contribution is -2.46. The van der Waals surface area contributed by atoms with Crippen molar-refractivity contribution < 1.29 is 9.90 Å². The maximum Gasteiger partial charge on any atom is 0.223 e. The molecule has 114 valence electrons. The Bertz CT molecular complexity index is 517. The summed E-state index contributed by atoms with van der Waals surface area (Å²) in [6.07, 6.45) is 4.07. The summed E-state index contributed by atoms with van der Waals surface area (Å²) in [6.45, 7) is 0.826. The highest BCUT2D eigenvalue weighted by Gasteiger charge is 2.31. The van der Waals surface area contributed by atoms with Crippen molar-refractivity contribution in [3.05, 3.63) is 29.8 Å². The van der Waals surface area contributed by atoms with Crippen molar-refractivity contribution in [1.29, 1.82) is 0 Å². The van der Waals surface area contributed by atoms with E-state index in [2.05, 4.69) is 17.4 Å². The van der Waals surface area contributed by atoms with Crippen molar-refractivity contribution in [2.24, 2.45) is 0 Å². The van der Waals surface area contributed by atoms with E-state index in [-0.39, 0.29) is 24.0 Å². The molecule has 1 saturated carbocycles. The summed E-state index contributed by atoms with van der Waals surface area (Å²) >= 11 is 0. The van der Waals surface area contributed by atoms with E-state index < -0.39 is 0 Å². The lowest BCUT2D eigenvalue weighted by atomic mass is 9.90. The zero-order valence-corrected chi connectivity index (χ0v) is 12.6. The van der Waals surface area contributed by atoms with E-state index in [0.717, 1.165) is 37.9 Å². The molecule has 0 aromatic heterocycles. The molecule has 0 bridgehead atoms. The number of anilines is 1. The highest BCUT2D eigenvalue weighted by Crippen LogP contribution is 2.34. The number of aliphatic hydroxyl groups is 1. The Morgan fingerprint density at radius 1 is 1.33 bits per heavy atom. The molecule has 1 aromatic carbocycles. The second-order valence-electron chi connectivity index (χ2n) is 6.29. The van der Waals surface area contributed by atoms with E-state index in [0.29, 0.717) is 6.42 Å². The molecule has 3 unspecified atom stereocenters. The molecule has 21 heavy (non-hydrogen) atoms. The summed E-state index contributed by atoms with van der Waals surface area (Å²) in [5.74, 6) is 0.390. The van der Waals surface area contributed by atoms with Gasteiger partial charge in [-0.3, -0.25) is 4.79 Å². The van der Waals surface area contributed by atoms with Crippen molar-refractivity contribution in [1.82, 2.24) is 4.90 Å². The van der Waals surface area contributed by atoms with Gasteiger partial charge in [0.05, 0.1) is 12.1 Å². The van der Waals surface area contributed by atoms with Gasteiger partial charge in [0.1, 0.15) is 0 Å². The van der Waals surface area contributed by atoms with E-state index in [1.165, 1.54) is 5.56 Å². The number of hydrogen-bond acceptors (Lipinski definition) is 3. The maximum atomic E-state index is 12.5. The minimum absolute atomic E-state index is 0.00384. The number of aliphatic hydroxyl groups excluding tert-OH is 1. The lowest BCUT2D eigenvalue weighted by Gasteiger charge is -2.35. The molecular formula is C17H24N2O2. The third-order valence-corrected chi connectivity index (χ3v) is 4.95. The van der Waals surface area contributed by atoms with Gasteiger partial charge in [0.2, 0.25) is 5.91 Å². The van der Waals surface area contributed by atoms with Gasteiger partial charge in [0.25, 0.3) is 0 Å². The van der Waals surface area contributed by atoms with Crippen LogP contribution in [-0.2, 0) is 4.79 Å². The minimum Gasteiger partial charge on any atom is -0.391 e.